The first-order chi connectivity index (χ1) is 14.8. The molecule has 2 amide bonds. The van der Waals surface area contributed by atoms with E-state index in [9.17, 15) is 18.8 Å². The molecule has 0 saturated carbocycles. The van der Waals surface area contributed by atoms with Crippen molar-refractivity contribution in [1.82, 2.24) is 10.6 Å². The van der Waals surface area contributed by atoms with Crippen LogP contribution >= 0.6 is 0 Å². The molecule has 2 aromatic carbocycles. The van der Waals surface area contributed by atoms with Crippen molar-refractivity contribution in [2.24, 2.45) is 5.92 Å². The van der Waals surface area contributed by atoms with Crippen LogP contribution in [0.5, 0.6) is 0 Å². The number of hydrogen-bond acceptors (Lipinski definition) is 5. The van der Waals surface area contributed by atoms with Crippen molar-refractivity contribution in [3.63, 3.8) is 0 Å². The summed E-state index contributed by atoms with van der Waals surface area (Å²) in [7, 11) is 1.18. The smallest absolute Gasteiger partial charge is 0.408 e. The van der Waals surface area contributed by atoms with Gasteiger partial charge in [-0.05, 0) is 23.1 Å². The van der Waals surface area contributed by atoms with Gasteiger partial charge < -0.3 is 20.1 Å². The van der Waals surface area contributed by atoms with Gasteiger partial charge in [-0.15, -0.1) is 0 Å². The van der Waals surface area contributed by atoms with Gasteiger partial charge in [0.1, 0.15) is 24.5 Å². The molecule has 2 aromatic rings. The fourth-order valence-corrected chi connectivity index (χ4v) is 2.91. The Morgan fingerprint density at radius 2 is 1.61 bits per heavy atom. The maximum absolute atomic E-state index is 14.0. The number of esters is 1. The van der Waals surface area contributed by atoms with Gasteiger partial charge in [0.15, 0.2) is 0 Å². The van der Waals surface area contributed by atoms with Gasteiger partial charge in [0.25, 0.3) is 0 Å². The van der Waals surface area contributed by atoms with E-state index in [1.807, 2.05) is 30.3 Å². The number of benzene rings is 2. The Morgan fingerprint density at radius 1 is 0.968 bits per heavy atom. The lowest BCUT2D eigenvalue weighted by Crippen LogP contribution is -2.54. The molecule has 7 nitrogen and oxygen atoms in total. The van der Waals surface area contributed by atoms with E-state index in [1.54, 1.807) is 19.9 Å². The lowest BCUT2D eigenvalue weighted by molar-refractivity contribution is -0.145. The standard InChI is InChI=1S/C23H27FN2O5/c1-15(2)20(26-23(29)31-14-16-9-5-4-6-10-16)21(27)25-19(22(28)30-3)13-17-11-7-8-12-18(17)24/h4-12,15,19-20H,13-14H2,1-3H3,(H,25,27)(H,26,29)/t19-,20+/m1/s1. The summed E-state index contributed by atoms with van der Waals surface area (Å²) in [6, 6.07) is 13.0. The molecule has 8 heteroatoms. The molecule has 0 saturated heterocycles. The number of ether oxygens (including phenoxy) is 2. The van der Waals surface area contributed by atoms with Gasteiger partial charge in [0.05, 0.1) is 7.11 Å². The van der Waals surface area contributed by atoms with Crippen LogP contribution in [-0.2, 0) is 32.1 Å². The van der Waals surface area contributed by atoms with Crippen LogP contribution in [0.3, 0.4) is 0 Å². The second-order valence-corrected chi connectivity index (χ2v) is 7.31. The third kappa shape index (κ3) is 7.40. The zero-order valence-corrected chi connectivity index (χ0v) is 17.8. The van der Waals surface area contributed by atoms with Gasteiger partial charge in [-0.1, -0.05) is 62.4 Å². The number of methoxy groups -OCH3 is 1. The Labute approximate surface area is 180 Å². The van der Waals surface area contributed by atoms with Crippen LogP contribution in [0, 0.1) is 11.7 Å². The van der Waals surface area contributed by atoms with Crippen LogP contribution in [-0.4, -0.2) is 37.2 Å². The Morgan fingerprint density at radius 3 is 2.23 bits per heavy atom. The van der Waals surface area contributed by atoms with Crippen LogP contribution in [0.25, 0.3) is 0 Å². The topological polar surface area (TPSA) is 93.7 Å². The lowest BCUT2D eigenvalue weighted by atomic mass is 10.0. The summed E-state index contributed by atoms with van der Waals surface area (Å²) in [5.74, 6) is -2.10. The molecular formula is C23H27FN2O5. The van der Waals surface area contributed by atoms with Crippen molar-refractivity contribution in [1.29, 1.82) is 0 Å². The molecule has 2 rings (SSSR count). The van der Waals surface area contributed by atoms with Crippen LogP contribution < -0.4 is 10.6 Å². The third-order valence-corrected chi connectivity index (χ3v) is 4.62. The van der Waals surface area contributed by atoms with Crippen molar-refractivity contribution < 1.29 is 28.2 Å². The highest BCUT2D eigenvalue weighted by Gasteiger charge is 2.30. The Kier molecular flexibility index (Phi) is 8.99. The molecule has 166 valence electrons. The summed E-state index contributed by atoms with van der Waals surface area (Å²) < 4.78 is 23.9. The van der Waals surface area contributed by atoms with Gasteiger partial charge >= 0.3 is 12.1 Å². The van der Waals surface area contributed by atoms with Crippen LogP contribution in [0.2, 0.25) is 0 Å². The molecule has 31 heavy (non-hydrogen) atoms. The van der Waals surface area contributed by atoms with Gasteiger partial charge in [0.2, 0.25) is 5.91 Å². The van der Waals surface area contributed by atoms with E-state index in [2.05, 4.69) is 10.6 Å². The molecule has 0 bridgehead atoms. The zero-order chi connectivity index (χ0) is 22.8. The molecule has 0 spiro atoms. The SMILES string of the molecule is COC(=O)[C@@H](Cc1ccccc1F)NC(=O)[C@@H](NC(=O)OCc1ccccc1)C(C)C. The second-order valence-electron chi connectivity index (χ2n) is 7.31. The molecule has 0 aromatic heterocycles. The fraction of sp³-hybridized carbons (Fsp3) is 0.348. The van der Waals surface area contributed by atoms with Crippen molar-refractivity contribution in [2.45, 2.75) is 39.0 Å². The average Bonchev–Trinajstić information content (AvgIpc) is 2.76. The quantitative estimate of drug-likeness (QED) is 0.597. The number of carbonyl (C=O) groups excluding carboxylic acids is 3. The first kappa shape index (κ1) is 23.9. The van der Waals surface area contributed by atoms with E-state index >= 15 is 0 Å². The average molecular weight is 430 g/mol. The summed E-state index contributed by atoms with van der Waals surface area (Å²) in [6.07, 6.45) is -0.852. The Bertz CT molecular complexity index is 889. The molecule has 0 radical (unpaired) electrons. The van der Waals surface area contributed by atoms with E-state index in [4.69, 9.17) is 9.47 Å². The van der Waals surface area contributed by atoms with Crippen molar-refractivity contribution in [2.75, 3.05) is 7.11 Å². The first-order valence-corrected chi connectivity index (χ1v) is 9.90. The van der Waals surface area contributed by atoms with Crippen LogP contribution in [0.15, 0.2) is 54.6 Å². The number of nitrogens with one attached hydrogen (secondary N) is 2. The maximum Gasteiger partial charge on any atom is 0.408 e. The van der Waals surface area contributed by atoms with Gasteiger partial charge in [-0.25, -0.2) is 14.0 Å². The molecule has 2 N–H and O–H groups in total. The molecule has 0 unspecified atom stereocenters. The molecule has 0 heterocycles. The summed E-state index contributed by atoms with van der Waals surface area (Å²) in [5.41, 5.74) is 1.06. The zero-order valence-electron chi connectivity index (χ0n) is 17.8. The number of rotatable bonds is 9. The summed E-state index contributed by atoms with van der Waals surface area (Å²) in [5, 5.41) is 5.08. The molecular weight excluding hydrogens is 403 g/mol. The molecule has 0 aliphatic heterocycles. The number of hydrogen-bond donors (Lipinski definition) is 2. The number of alkyl carbamates (subject to hydrolysis) is 1. The van der Waals surface area contributed by atoms with Gasteiger partial charge in [-0.2, -0.15) is 0 Å². The monoisotopic (exact) mass is 430 g/mol. The first-order valence-electron chi connectivity index (χ1n) is 9.90. The summed E-state index contributed by atoms with van der Waals surface area (Å²) >= 11 is 0. The lowest BCUT2D eigenvalue weighted by Gasteiger charge is -2.24. The number of carbonyl (C=O) groups is 3. The Hall–Kier alpha value is -3.42. The number of halogens is 1. The highest BCUT2D eigenvalue weighted by molar-refractivity contribution is 5.90. The Balaban J connectivity index is 2.03. The minimum Gasteiger partial charge on any atom is -0.467 e. The van der Waals surface area contributed by atoms with Crippen LogP contribution in [0.1, 0.15) is 25.0 Å². The fourth-order valence-electron chi connectivity index (χ4n) is 2.91. The molecule has 0 aliphatic carbocycles. The second kappa shape index (κ2) is 11.7. The largest absolute Gasteiger partial charge is 0.467 e. The predicted molar refractivity (Wildman–Crippen MR) is 112 cm³/mol. The van der Waals surface area contributed by atoms with E-state index in [0.29, 0.717) is 0 Å². The normalized spacial score (nSPS) is 12.5. The highest BCUT2D eigenvalue weighted by atomic mass is 19.1. The van der Waals surface area contributed by atoms with E-state index in [1.165, 1.54) is 25.3 Å². The molecule has 2 atom stereocenters. The summed E-state index contributed by atoms with van der Waals surface area (Å²) in [6.45, 7) is 3.54. The minimum atomic E-state index is -1.11. The van der Waals surface area contributed by atoms with E-state index in [-0.39, 0.29) is 24.5 Å². The summed E-state index contributed by atoms with van der Waals surface area (Å²) in [4.78, 5) is 37.2. The minimum absolute atomic E-state index is 0.0528. The predicted octanol–water partition coefficient (Wildman–Crippen LogP) is 2.98. The molecule has 0 fully saturated rings. The van der Waals surface area contributed by atoms with Crippen LogP contribution in [0.4, 0.5) is 9.18 Å². The highest BCUT2D eigenvalue weighted by Crippen LogP contribution is 2.11. The van der Waals surface area contributed by atoms with Gasteiger partial charge in [0, 0.05) is 6.42 Å². The van der Waals surface area contributed by atoms with E-state index in [0.717, 1.165) is 5.56 Å². The van der Waals surface area contributed by atoms with Crippen molar-refractivity contribution in [3.05, 3.63) is 71.5 Å². The van der Waals surface area contributed by atoms with Gasteiger partial charge in [-0.3, -0.25) is 4.79 Å². The van der Waals surface area contributed by atoms with E-state index < -0.39 is 35.9 Å². The third-order valence-electron chi connectivity index (χ3n) is 4.62. The number of amides is 2. The van der Waals surface area contributed by atoms with Crippen molar-refractivity contribution >= 4 is 18.0 Å². The maximum atomic E-state index is 14.0. The molecule has 0 aliphatic rings. The van der Waals surface area contributed by atoms with Crippen molar-refractivity contribution in [3.8, 4) is 0 Å².